The highest BCUT2D eigenvalue weighted by atomic mass is 32.2. The van der Waals surface area contributed by atoms with Crippen LogP contribution < -0.4 is 10.6 Å². The third-order valence-electron chi connectivity index (χ3n) is 4.70. The number of carbonyl (C=O) groups excluding carboxylic acids is 2. The van der Waals surface area contributed by atoms with E-state index in [1.807, 2.05) is 37.3 Å². The molecule has 0 spiro atoms. The van der Waals surface area contributed by atoms with Crippen molar-refractivity contribution in [2.24, 2.45) is 0 Å². The van der Waals surface area contributed by atoms with Gasteiger partial charge in [0, 0.05) is 12.6 Å². The third-order valence-corrected chi connectivity index (χ3v) is 5.65. The van der Waals surface area contributed by atoms with Gasteiger partial charge in [-0.05, 0) is 55.7 Å². The Kier molecular flexibility index (Phi) is 6.89. The van der Waals surface area contributed by atoms with E-state index in [1.54, 1.807) is 10.9 Å². The first-order valence-corrected chi connectivity index (χ1v) is 10.6. The van der Waals surface area contributed by atoms with Crippen LogP contribution in [0.1, 0.15) is 36.6 Å². The maximum atomic E-state index is 12.5. The van der Waals surface area contributed by atoms with Crippen molar-refractivity contribution in [1.29, 1.82) is 0 Å². The van der Waals surface area contributed by atoms with Gasteiger partial charge in [-0.25, -0.2) is 0 Å². The van der Waals surface area contributed by atoms with Gasteiger partial charge >= 0.3 is 0 Å². The van der Waals surface area contributed by atoms with Gasteiger partial charge in [0.1, 0.15) is 6.33 Å². The number of thioether (sulfide) groups is 1. The Hall–Kier alpha value is -3.13. The summed E-state index contributed by atoms with van der Waals surface area (Å²) >= 11 is 1.31. The lowest BCUT2D eigenvalue weighted by Gasteiger charge is -2.15. The molecule has 1 unspecified atom stereocenters. The summed E-state index contributed by atoms with van der Waals surface area (Å²) in [7, 11) is 0. The fourth-order valence-electron chi connectivity index (χ4n) is 2.97. The molecule has 0 fully saturated rings. The molecule has 2 aromatic carbocycles. The van der Waals surface area contributed by atoms with E-state index >= 15 is 0 Å². The van der Waals surface area contributed by atoms with Crippen LogP contribution in [-0.2, 0) is 9.59 Å². The predicted molar refractivity (Wildman–Crippen MR) is 119 cm³/mol. The molecule has 1 atom stereocenters. The molecule has 0 aliphatic rings. The van der Waals surface area contributed by atoms with Gasteiger partial charge in [0.2, 0.25) is 11.8 Å². The van der Waals surface area contributed by atoms with Gasteiger partial charge < -0.3 is 10.6 Å². The number of aryl methyl sites for hydroxylation is 2. The molecule has 0 saturated carbocycles. The van der Waals surface area contributed by atoms with Crippen molar-refractivity contribution in [2.75, 3.05) is 11.1 Å². The van der Waals surface area contributed by atoms with Gasteiger partial charge in [-0.2, -0.15) is 0 Å². The first-order chi connectivity index (χ1) is 14.3. The first kappa shape index (κ1) is 21.6. The van der Waals surface area contributed by atoms with Crippen LogP contribution in [0.2, 0.25) is 0 Å². The summed E-state index contributed by atoms with van der Waals surface area (Å²) in [4.78, 5) is 23.8. The minimum atomic E-state index is -0.139. The number of carbonyl (C=O) groups is 2. The van der Waals surface area contributed by atoms with Crippen LogP contribution in [0.3, 0.4) is 0 Å². The number of hydrogen-bond acceptors (Lipinski definition) is 5. The molecule has 3 rings (SSSR count). The molecule has 0 radical (unpaired) electrons. The zero-order valence-corrected chi connectivity index (χ0v) is 18.3. The molecular formula is C22H25N5O2S. The van der Waals surface area contributed by atoms with Crippen LogP contribution in [-0.4, -0.2) is 32.3 Å². The summed E-state index contributed by atoms with van der Waals surface area (Å²) in [6.07, 6.45) is 1.59. The maximum absolute atomic E-state index is 12.5. The van der Waals surface area contributed by atoms with Crippen molar-refractivity contribution in [2.45, 2.75) is 38.9 Å². The standard InChI is InChI=1S/C22H25N5O2S/c1-14-8-9-18(10-15(14)2)16(3)24-21(29)12-30-22-26-23-13-27(22)20-7-5-6-19(11-20)25-17(4)28/h5-11,13,16H,12H2,1-4H3,(H,24,29)(H,25,28). The van der Waals surface area contributed by atoms with Gasteiger partial charge in [0.15, 0.2) is 5.16 Å². The van der Waals surface area contributed by atoms with Crippen LogP contribution in [0.25, 0.3) is 5.69 Å². The zero-order valence-electron chi connectivity index (χ0n) is 17.5. The average molecular weight is 424 g/mol. The lowest BCUT2D eigenvalue weighted by Crippen LogP contribution is -2.28. The van der Waals surface area contributed by atoms with Crippen molar-refractivity contribution < 1.29 is 9.59 Å². The lowest BCUT2D eigenvalue weighted by atomic mass is 10.0. The fourth-order valence-corrected chi connectivity index (χ4v) is 3.71. The summed E-state index contributed by atoms with van der Waals surface area (Å²) in [6.45, 7) is 7.57. The predicted octanol–water partition coefficient (Wildman–Crippen LogP) is 3.81. The van der Waals surface area contributed by atoms with E-state index in [-0.39, 0.29) is 23.6 Å². The minimum Gasteiger partial charge on any atom is -0.349 e. The topological polar surface area (TPSA) is 88.9 Å². The molecule has 1 heterocycles. The molecule has 0 bridgehead atoms. The second kappa shape index (κ2) is 9.58. The highest BCUT2D eigenvalue weighted by molar-refractivity contribution is 7.99. The van der Waals surface area contributed by atoms with Crippen molar-refractivity contribution in [3.05, 3.63) is 65.5 Å². The Morgan fingerprint density at radius 3 is 2.67 bits per heavy atom. The van der Waals surface area contributed by atoms with Crippen molar-refractivity contribution in [1.82, 2.24) is 20.1 Å². The SMILES string of the molecule is CC(=O)Nc1cccc(-n2cnnc2SCC(=O)NC(C)c2ccc(C)c(C)c2)c1. The Balaban J connectivity index is 1.63. The minimum absolute atomic E-state index is 0.0766. The van der Waals surface area contributed by atoms with E-state index in [1.165, 1.54) is 29.8 Å². The van der Waals surface area contributed by atoms with Crippen LogP contribution >= 0.6 is 11.8 Å². The Morgan fingerprint density at radius 2 is 1.93 bits per heavy atom. The number of aromatic nitrogens is 3. The number of hydrogen-bond donors (Lipinski definition) is 2. The van der Waals surface area contributed by atoms with Crippen molar-refractivity contribution in [3.8, 4) is 5.69 Å². The molecule has 156 valence electrons. The summed E-state index contributed by atoms with van der Waals surface area (Å²) in [6, 6.07) is 13.5. The summed E-state index contributed by atoms with van der Waals surface area (Å²) in [5.74, 6) is 0.00607. The van der Waals surface area contributed by atoms with E-state index in [2.05, 4.69) is 46.8 Å². The van der Waals surface area contributed by atoms with E-state index in [9.17, 15) is 9.59 Å². The summed E-state index contributed by atoms with van der Waals surface area (Å²) in [5, 5.41) is 14.5. The Morgan fingerprint density at radius 1 is 1.13 bits per heavy atom. The number of amides is 2. The highest BCUT2D eigenvalue weighted by Crippen LogP contribution is 2.22. The molecule has 1 aromatic heterocycles. The van der Waals surface area contributed by atoms with Gasteiger partial charge in [-0.1, -0.05) is 36.0 Å². The monoisotopic (exact) mass is 423 g/mol. The van der Waals surface area contributed by atoms with Crippen molar-refractivity contribution in [3.63, 3.8) is 0 Å². The molecule has 7 nitrogen and oxygen atoms in total. The van der Waals surface area contributed by atoms with E-state index < -0.39 is 0 Å². The molecule has 0 aliphatic carbocycles. The first-order valence-electron chi connectivity index (χ1n) is 9.61. The molecule has 2 amide bonds. The maximum Gasteiger partial charge on any atom is 0.230 e. The molecule has 3 aromatic rings. The van der Waals surface area contributed by atoms with Crippen LogP contribution in [0.4, 0.5) is 5.69 Å². The molecule has 0 saturated heterocycles. The number of benzene rings is 2. The van der Waals surface area contributed by atoms with E-state index in [0.29, 0.717) is 10.8 Å². The Labute approximate surface area is 180 Å². The molecule has 30 heavy (non-hydrogen) atoms. The summed E-state index contributed by atoms with van der Waals surface area (Å²) < 4.78 is 1.79. The second-order valence-corrected chi connectivity index (χ2v) is 8.08. The highest BCUT2D eigenvalue weighted by Gasteiger charge is 2.14. The quantitative estimate of drug-likeness (QED) is 0.564. The van der Waals surface area contributed by atoms with Gasteiger partial charge in [0.25, 0.3) is 0 Å². The van der Waals surface area contributed by atoms with Crippen LogP contribution in [0.5, 0.6) is 0 Å². The smallest absolute Gasteiger partial charge is 0.230 e. The number of rotatable bonds is 7. The van der Waals surface area contributed by atoms with E-state index in [4.69, 9.17) is 0 Å². The van der Waals surface area contributed by atoms with Crippen molar-refractivity contribution >= 4 is 29.3 Å². The van der Waals surface area contributed by atoms with E-state index in [0.717, 1.165) is 11.3 Å². The van der Waals surface area contributed by atoms with Crippen LogP contribution in [0, 0.1) is 13.8 Å². The van der Waals surface area contributed by atoms with Crippen LogP contribution in [0.15, 0.2) is 53.9 Å². The molecule has 0 aliphatic heterocycles. The molecular weight excluding hydrogens is 398 g/mol. The largest absolute Gasteiger partial charge is 0.349 e. The Bertz CT molecular complexity index is 1060. The van der Waals surface area contributed by atoms with Gasteiger partial charge in [-0.15, -0.1) is 10.2 Å². The van der Waals surface area contributed by atoms with Gasteiger partial charge in [-0.3, -0.25) is 14.2 Å². The molecule has 8 heteroatoms. The fraction of sp³-hybridized carbons (Fsp3) is 0.273. The number of anilines is 1. The number of nitrogens with one attached hydrogen (secondary N) is 2. The van der Waals surface area contributed by atoms with Gasteiger partial charge in [0.05, 0.1) is 17.5 Å². The number of nitrogens with zero attached hydrogens (tertiary/aromatic N) is 3. The second-order valence-electron chi connectivity index (χ2n) is 7.14. The molecule has 2 N–H and O–H groups in total. The zero-order chi connectivity index (χ0) is 21.7. The third kappa shape index (κ3) is 5.48. The lowest BCUT2D eigenvalue weighted by molar-refractivity contribution is -0.119. The summed E-state index contributed by atoms with van der Waals surface area (Å²) in [5.41, 5.74) is 5.00. The average Bonchev–Trinajstić information content (AvgIpc) is 3.17. The normalized spacial score (nSPS) is 11.7.